The van der Waals surface area contributed by atoms with Gasteiger partial charge in [0.2, 0.25) is 13.5 Å². The summed E-state index contributed by atoms with van der Waals surface area (Å²) in [6.45, 7) is 6.03. The molecular weight excluding hydrogens is 199 g/mol. The fourth-order valence-electron chi connectivity index (χ4n) is 1.93. The molecule has 16 heavy (non-hydrogen) atoms. The molecule has 0 fully saturated rings. The van der Waals surface area contributed by atoms with Gasteiger partial charge in [-0.15, -0.1) is 0 Å². The third-order valence-corrected chi connectivity index (χ3v) is 2.98. The van der Waals surface area contributed by atoms with E-state index in [9.17, 15) is 4.79 Å². The van der Waals surface area contributed by atoms with Crippen molar-refractivity contribution in [2.75, 3.05) is 0 Å². The van der Waals surface area contributed by atoms with Gasteiger partial charge in [0.1, 0.15) is 0 Å². The Kier molecular flexibility index (Phi) is 2.58. The second kappa shape index (κ2) is 3.78. The Labute approximate surface area is 95.6 Å². The number of rotatable bonds is 1. The highest BCUT2D eigenvalue weighted by Crippen LogP contribution is 2.21. The van der Waals surface area contributed by atoms with Crippen LogP contribution >= 0.6 is 0 Å². The predicted octanol–water partition coefficient (Wildman–Crippen LogP) is 1.22. The lowest BCUT2D eigenvalue weighted by Crippen LogP contribution is -2.23. The molecule has 0 unspecified atom stereocenters. The molecule has 0 saturated carbocycles. The van der Waals surface area contributed by atoms with E-state index < -0.39 is 0 Å². The van der Waals surface area contributed by atoms with Crippen LogP contribution in [0.1, 0.15) is 31.2 Å². The zero-order chi connectivity index (χ0) is 11.9. The van der Waals surface area contributed by atoms with Gasteiger partial charge in [0.05, 0.1) is 16.7 Å². The Morgan fingerprint density at radius 2 is 2.06 bits per heavy atom. The van der Waals surface area contributed by atoms with Crippen molar-refractivity contribution in [2.24, 2.45) is 0 Å². The Morgan fingerprint density at radius 1 is 1.38 bits per heavy atom. The number of hydrogen-bond donors (Lipinski definition) is 0. The topological polar surface area (TPSA) is 34.9 Å². The fourth-order valence-corrected chi connectivity index (χ4v) is 1.93. The SMILES string of the molecule is Bn1c(C)nc2cccc(C(C)C)c2c1=O. The van der Waals surface area contributed by atoms with E-state index in [1.165, 1.54) is 0 Å². The molecule has 1 aromatic heterocycles. The van der Waals surface area contributed by atoms with Crippen LogP contribution in [-0.4, -0.2) is 17.4 Å². The van der Waals surface area contributed by atoms with E-state index in [1.54, 1.807) is 12.5 Å². The summed E-state index contributed by atoms with van der Waals surface area (Å²) in [5.41, 5.74) is 1.92. The van der Waals surface area contributed by atoms with Gasteiger partial charge in [0, 0.05) is 0 Å². The first-order chi connectivity index (χ1) is 7.52. The number of aromatic nitrogens is 2. The van der Waals surface area contributed by atoms with Gasteiger partial charge in [-0.25, -0.2) is 4.98 Å². The average Bonchev–Trinajstić information content (AvgIpc) is 2.25. The van der Waals surface area contributed by atoms with Crippen molar-refractivity contribution in [3.8, 4) is 0 Å². The molecule has 0 bridgehead atoms. The quantitative estimate of drug-likeness (QED) is 0.669. The average molecular weight is 214 g/mol. The Balaban J connectivity index is 2.98. The number of fused-ring (bicyclic) bond motifs is 1. The van der Waals surface area contributed by atoms with E-state index >= 15 is 0 Å². The van der Waals surface area contributed by atoms with Crippen LogP contribution in [0.2, 0.25) is 0 Å². The molecule has 0 radical (unpaired) electrons. The molecule has 1 aromatic carbocycles. The molecule has 0 N–H and O–H groups in total. The summed E-state index contributed by atoms with van der Waals surface area (Å²) < 4.78 is 1.61. The van der Waals surface area contributed by atoms with E-state index in [-0.39, 0.29) is 5.56 Å². The Hall–Kier alpha value is -1.58. The Morgan fingerprint density at radius 3 is 2.69 bits per heavy atom. The van der Waals surface area contributed by atoms with Gasteiger partial charge in [-0.3, -0.25) is 4.79 Å². The van der Waals surface area contributed by atoms with Crippen LogP contribution in [-0.2, 0) is 0 Å². The van der Waals surface area contributed by atoms with Crippen molar-refractivity contribution in [3.63, 3.8) is 0 Å². The smallest absolute Gasteiger partial charge is 0.249 e. The van der Waals surface area contributed by atoms with Gasteiger partial charge >= 0.3 is 0 Å². The fraction of sp³-hybridized carbons (Fsp3) is 0.333. The minimum Gasteiger partial charge on any atom is -0.350 e. The zero-order valence-corrected chi connectivity index (χ0v) is 10.1. The van der Waals surface area contributed by atoms with E-state index in [1.807, 2.05) is 25.1 Å². The van der Waals surface area contributed by atoms with Crippen molar-refractivity contribution >= 4 is 18.9 Å². The first kappa shape index (κ1) is 10.9. The van der Waals surface area contributed by atoms with E-state index in [4.69, 9.17) is 0 Å². The van der Waals surface area contributed by atoms with E-state index in [0.29, 0.717) is 5.92 Å². The molecule has 0 aliphatic heterocycles. The normalized spacial score (nSPS) is 11.2. The van der Waals surface area contributed by atoms with Crippen LogP contribution in [0, 0.1) is 6.92 Å². The standard InChI is InChI=1S/C12H15BN2O/c1-7(2)9-5-4-6-10-11(9)12(16)15(13)8(3)14-10/h4-7H,13H2,1-3H3. The van der Waals surface area contributed by atoms with Crippen molar-refractivity contribution in [1.82, 2.24) is 9.46 Å². The third kappa shape index (κ3) is 1.54. The number of nitrogens with zero attached hydrogens (tertiary/aromatic N) is 2. The van der Waals surface area contributed by atoms with E-state index in [2.05, 4.69) is 18.8 Å². The minimum absolute atomic E-state index is 0.0480. The maximum atomic E-state index is 12.2. The summed E-state index contributed by atoms with van der Waals surface area (Å²) in [6.07, 6.45) is 0. The molecule has 0 spiro atoms. The molecule has 2 rings (SSSR count). The summed E-state index contributed by atoms with van der Waals surface area (Å²) in [7, 11) is 1.77. The molecule has 82 valence electrons. The molecule has 0 aliphatic carbocycles. The highest BCUT2D eigenvalue weighted by atomic mass is 16.1. The van der Waals surface area contributed by atoms with Crippen LogP contribution in [0.15, 0.2) is 23.0 Å². The largest absolute Gasteiger partial charge is 0.350 e. The molecule has 0 saturated heterocycles. The Bertz CT molecular complexity index is 602. The predicted molar refractivity (Wildman–Crippen MR) is 68.8 cm³/mol. The maximum absolute atomic E-state index is 12.2. The van der Waals surface area contributed by atoms with Gasteiger partial charge in [0.25, 0.3) is 0 Å². The number of aryl methyl sites for hydroxylation is 1. The highest BCUT2D eigenvalue weighted by molar-refractivity contribution is 6.07. The number of benzene rings is 1. The zero-order valence-electron chi connectivity index (χ0n) is 10.1. The van der Waals surface area contributed by atoms with Gasteiger partial charge in [-0.2, -0.15) is 0 Å². The molecule has 0 amide bonds. The number of hydrogen-bond acceptors (Lipinski definition) is 2. The van der Waals surface area contributed by atoms with Crippen molar-refractivity contribution in [2.45, 2.75) is 26.7 Å². The summed E-state index contributed by atoms with van der Waals surface area (Å²) in [6, 6.07) is 5.87. The van der Waals surface area contributed by atoms with Crippen LogP contribution in [0.4, 0.5) is 0 Å². The molecule has 0 aliphatic rings. The van der Waals surface area contributed by atoms with Gasteiger partial charge in [-0.1, -0.05) is 26.0 Å². The molecule has 3 nitrogen and oxygen atoms in total. The second-order valence-corrected chi connectivity index (χ2v) is 4.42. The maximum Gasteiger partial charge on any atom is 0.249 e. The molecule has 1 heterocycles. The van der Waals surface area contributed by atoms with Gasteiger partial charge in [0.15, 0.2) is 0 Å². The summed E-state index contributed by atoms with van der Waals surface area (Å²) in [5, 5.41) is 0.755. The van der Waals surface area contributed by atoms with Gasteiger partial charge in [-0.05, 0) is 24.5 Å². The first-order valence-corrected chi connectivity index (χ1v) is 5.48. The molecule has 0 atom stereocenters. The van der Waals surface area contributed by atoms with Crippen LogP contribution in [0.25, 0.3) is 10.9 Å². The summed E-state index contributed by atoms with van der Waals surface area (Å²) in [4.78, 5) is 16.6. The first-order valence-electron chi connectivity index (χ1n) is 5.48. The van der Waals surface area contributed by atoms with Crippen molar-refractivity contribution in [1.29, 1.82) is 0 Å². The highest BCUT2D eigenvalue weighted by Gasteiger charge is 2.11. The lowest BCUT2D eigenvalue weighted by molar-refractivity contribution is 0.869. The van der Waals surface area contributed by atoms with Crippen molar-refractivity contribution < 1.29 is 0 Å². The van der Waals surface area contributed by atoms with Gasteiger partial charge < -0.3 is 4.48 Å². The van der Waals surface area contributed by atoms with Crippen molar-refractivity contribution in [3.05, 3.63) is 39.9 Å². The summed E-state index contributed by atoms with van der Waals surface area (Å²) >= 11 is 0. The molecule has 2 aromatic rings. The lowest BCUT2D eigenvalue weighted by atomic mass is 9.99. The third-order valence-electron chi connectivity index (χ3n) is 2.98. The molecule has 4 heteroatoms. The van der Waals surface area contributed by atoms with E-state index in [0.717, 1.165) is 22.3 Å². The summed E-state index contributed by atoms with van der Waals surface area (Å²) in [5.74, 6) is 1.08. The van der Waals surface area contributed by atoms with Crippen LogP contribution in [0.3, 0.4) is 0 Å². The monoisotopic (exact) mass is 214 g/mol. The van der Waals surface area contributed by atoms with Crippen LogP contribution in [0.5, 0.6) is 0 Å². The molecular formula is C12H15BN2O. The lowest BCUT2D eigenvalue weighted by Gasteiger charge is -2.11. The minimum atomic E-state index is 0.0480. The van der Waals surface area contributed by atoms with Crippen LogP contribution < -0.4 is 5.56 Å². The second-order valence-electron chi connectivity index (χ2n) is 4.42.